The second kappa shape index (κ2) is 7.65. The van der Waals surface area contributed by atoms with Gasteiger partial charge in [0.15, 0.2) is 11.5 Å². The van der Waals surface area contributed by atoms with E-state index in [4.69, 9.17) is 15.2 Å². The Morgan fingerprint density at radius 1 is 1.14 bits per heavy atom. The van der Waals surface area contributed by atoms with Crippen molar-refractivity contribution >= 4 is 37.8 Å². The van der Waals surface area contributed by atoms with Gasteiger partial charge in [0.25, 0.3) is 0 Å². The molecular weight excluding hydrogens is 414 g/mol. The molecule has 0 spiro atoms. The highest BCUT2D eigenvalue weighted by Gasteiger charge is 2.14. The molecule has 0 saturated carbocycles. The Morgan fingerprint density at radius 3 is 2.41 bits per heavy atom. The fourth-order valence-corrected chi connectivity index (χ4v) is 2.67. The molecule has 0 aliphatic heterocycles. The topological polar surface area (TPSA) is 61.5 Å². The minimum absolute atomic E-state index is 0.367. The maximum atomic E-state index is 11.3. The minimum Gasteiger partial charge on any atom is -0.490 e. The lowest BCUT2D eigenvalue weighted by Gasteiger charge is -2.15. The number of carbonyl (C=O) groups is 1. The zero-order valence-corrected chi connectivity index (χ0v) is 15.1. The molecule has 0 fully saturated rings. The number of hydrogen-bond acceptors (Lipinski definition) is 3. The van der Waals surface area contributed by atoms with Crippen LogP contribution in [0.5, 0.6) is 11.5 Å². The van der Waals surface area contributed by atoms with Crippen molar-refractivity contribution in [3.05, 3.63) is 56.5 Å². The first-order valence-electron chi connectivity index (χ1n) is 6.64. The van der Waals surface area contributed by atoms with E-state index in [1.807, 2.05) is 31.2 Å². The number of amides is 1. The van der Waals surface area contributed by atoms with Gasteiger partial charge in [-0.3, -0.25) is 4.79 Å². The molecule has 6 heteroatoms. The molecular formula is C16H15Br2NO3. The lowest BCUT2D eigenvalue weighted by Crippen LogP contribution is -2.12. The van der Waals surface area contributed by atoms with Gasteiger partial charge < -0.3 is 15.2 Å². The Balaban J connectivity index is 2.25. The smallest absolute Gasteiger partial charge is 0.248 e. The average Bonchev–Trinajstić information content (AvgIpc) is 2.48. The monoisotopic (exact) mass is 427 g/mol. The SMILES string of the molecule is CCOc1cc(C(N)=O)cc(Br)c1OCc1ccc(Br)cc1. The Labute approximate surface area is 145 Å². The fourth-order valence-electron chi connectivity index (χ4n) is 1.85. The number of hydrogen-bond donors (Lipinski definition) is 1. The van der Waals surface area contributed by atoms with Crippen molar-refractivity contribution in [2.75, 3.05) is 6.61 Å². The normalized spacial score (nSPS) is 10.3. The predicted octanol–water partition coefficient (Wildman–Crippen LogP) is 4.29. The highest BCUT2D eigenvalue weighted by atomic mass is 79.9. The van der Waals surface area contributed by atoms with Crippen molar-refractivity contribution in [2.45, 2.75) is 13.5 Å². The van der Waals surface area contributed by atoms with E-state index >= 15 is 0 Å². The van der Waals surface area contributed by atoms with E-state index in [1.165, 1.54) is 0 Å². The standard InChI is InChI=1S/C16H15Br2NO3/c1-2-21-14-8-11(16(19)20)7-13(18)15(14)22-9-10-3-5-12(17)6-4-10/h3-8H,2,9H2,1H3,(H2,19,20). The van der Waals surface area contributed by atoms with Crippen LogP contribution in [0.4, 0.5) is 0 Å². The number of primary amides is 1. The highest BCUT2D eigenvalue weighted by Crippen LogP contribution is 2.37. The van der Waals surface area contributed by atoms with Crippen LogP contribution in [-0.4, -0.2) is 12.5 Å². The van der Waals surface area contributed by atoms with Crippen molar-refractivity contribution in [1.29, 1.82) is 0 Å². The summed E-state index contributed by atoms with van der Waals surface area (Å²) >= 11 is 6.80. The van der Waals surface area contributed by atoms with Gasteiger partial charge in [-0.25, -0.2) is 0 Å². The molecule has 0 aromatic heterocycles. The van der Waals surface area contributed by atoms with Crippen molar-refractivity contribution in [3.63, 3.8) is 0 Å². The van der Waals surface area contributed by atoms with Crippen molar-refractivity contribution < 1.29 is 14.3 Å². The van der Waals surface area contributed by atoms with Crippen molar-refractivity contribution in [1.82, 2.24) is 0 Å². The average molecular weight is 429 g/mol. The minimum atomic E-state index is -0.513. The lowest BCUT2D eigenvalue weighted by molar-refractivity contribution is 0.0999. The maximum absolute atomic E-state index is 11.3. The number of carbonyl (C=O) groups excluding carboxylic acids is 1. The van der Waals surface area contributed by atoms with E-state index < -0.39 is 5.91 Å². The zero-order chi connectivity index (χ0) is 16.1. The van der Waals surface area contributed by atoms with Gasteiger partial charge in [0.05, 0.1) is 11.1 Å². The summed E-state index contributed by atoms with van der Waals surface area (Å²) in [5.74, 6) is 0.527. The first-order chi connectivity index (χ1) is 10.5. The van der Waals surface area contributed by atoms with Gasteiger partial charge in [0.2, 0.25) is 5.91 Å². The lowest BCUT2D eigenvalue weighted by atomic mass is 10.2. The summed E-state index contributed by atoms with van der Waals surface area (Å²) in [7, 11) is 0. The van der Waals surface area contributed by atoms with Gasteiger partial charge in [-0.1, -0.05) is 28.1 Å². The second-order valence-electron chi connectivity index (χ2n) is 4.50. The summed E-state index contributed by atoms with van der Waals surface area (Å²) in [6, 6.07) is 11.1. The molecule has 0 heterocycles. The maximum Gasteiger partial charge on any atom is 0.248 e. The Kier molecular flexibility index (Phi) is 5.85. The predicted molar refractivity (Wildman–Crippen MR) is 92.3 cm³/mol. The Bertz CT molecular complexity index is 672. The molecule has 0 aliphatic rings. The molecule has 22 heavy (non-hydrogen) atoms. The van der Waals surface area contributed by atoms with E-state index in [2.05, 4.69) is 31.9 Å². The van der Waals surface area contributed by atoms with Crippen LogP contribution in [0.25, 0.3) is 0 Å². The van der Waals surface area contributed by atoms with Crippen LogP contribution in [0.2, 0.25) is 0 Å². The molecule has 0 unspecified atom stereocenters. The molecule has 0 aliphatic carbocycles. The van der Waals surface area contributed by atoms with E-state index in [0.29, 0.717) is 34.7 Å². The van der Waals surface area contributed by atoms with Crippen LogP contribution >= 0.6 is 31.9 Å². The van der Waals surface area contributed by atoms with Crippen LogP contribution in [0.15, 0.2) is 45.3 Å². The van der Waals surface area contributed by atoms with Crippen LogP contribution in [0.1, 0.15) is 22.8 Å². The molecule has 0 bridgehead atoms. The molecule has 116 valence electrons. The van der Waals surface area contributed by atoms with Gasteiger partial charge in [0, 0.05) is 10.0 Å². The van der Waals surface area contributed by atoms with Gasteiger partial charge in [-0.05, 0) is 52.7 Å². The van der Waals surface area contributed by atoms with Gasteiger partial charge in [-0.2, -0.15) is 0 Å². The molecule has 2 aromatic carbocycles. The van der Waals surface area contributed by atoms with Crippen LogP contribution in [0, 0.1) is 0 Å². The van der Waals surface area contributed by atoms with Gasteiger partial charge in [0.1, 0.15) is 6.61 Å². The quantitative estimate of drug-likeness (QED) is 0.746. The first kappa shape index (κ1) is 16.8. The molecule has 2 aromatic rings. The summed E-state index contributed by atoms with van der Waals surface area (Å²) in [5.41, 5.74) is 6.71. The molecule has 0 atom stereocenters. The molecule has 2 rings (SSSR count). The fraction of sp³-hybridized carbons (Fsp3) is 0.188. The van der Waals surface area contributed by atoms with E-state index in [-0.39, 0.29) is 0 Å². The summed E-state index contributed by atoms with van der Waals surface area (Å²) in [6.45, 7) is 2.72. The number of ether oxygens (including phenoxy) is 2. The van der Waals surface area contributed by atoms with Gasteiger partial charge >= 0.3 is 0 Å². The van der Waals surface area contributed by atoms with E-state index in [0.717, 1.165) is 10.0 Å². The molecule has 1 amide bonds. The van der Waals surface area contributed by atoms with Crippen LogP contribution in [0.3, 0.4) is 0 Å². The number of benzene rings is 2. The number of rotatable bonds is 6. The van der Waals surface area contributed by atoms with E-state index in [9.17, 15) is 4.79 Å². The largest absolute Gasteiger partial charge is 0.490 e. The molecule has 0 saturated heterocycles. The summed E-state index contributed by atoms with van der Waals surface area (Å²) < 4.78 is 13.0. The van der Waals surface area contributed by atoms with E-state index in [1.54, 1.807) is 12.1 Å². The van der Waals surface area contributed by atoms with Crippen LogP contribution < -0.4 is 15.2 Å². The Hall–Kier alpha value is -1.53. The number of nitrogens with two attached hydrogens (primary N) is 1. The second-order valence-corrected chi connectivity index (χ2v) is 6.27. The summed E-state index contributed by atoms with van der Waals surface area (Å²) in [6.07, 6.45) is 0. The third-order valence-corrected chi connectivity index (χ3v) is 4.01. The molecule has 0 radical (unpaired) electrons. The van der Waals surface area contributed by atoms with Crippen molar-refractivity contribution in [2.24, 2.45) is 5.73 Å². The Morgan fingerprint density at radius 2 is 1.82 bits per heavy atom. The summed E-state index contributed by atoms with van der Waals surface area (Å²) in [5, 5.41) is 0. The van der Waals surface area contributed by atoms with Crippen molar-refractivity contribution in [3.8, 4) is 11.5 Å². The highest BCUT2D eigenvalue weighted by molar-refractivity contribution is 9.10. The molecule has 4 nitrogen and oxygen atoms in total. The third kappa shape index (κ3) is 4.24. The zero-order valence-electron chi connectivity index (χ0n) is 11.9. The third-order valence-electron chi connectivity index (χ3n) is 2.89. The van der Waals surface area contributed by atoms with Crippen LogP contribution in [-0.2, 0) is 6.61 Å². The van der Waals surface area contributed by atoms with Gasteiger partial charge in [-0.15, -0.1) is 0 Å². The number of halogens is 2. The molecule has 2 N–H and O–H groups in total. The first-order valence-corrected chi connectivity index (χ1v) is 8.23. The summed E-state index contributed by atoms with van der Waals surface area (Å²) in [4.78, 5) is 11.3.